The molecule has 0 bridgehead atoms. The molecule has 2 aliphatic heterocycles. The van der Waals surface area contributed by atoms with Crippen molar-refractivity contribution >= 4 is 39.4 Å². The van der Waals surface area contributed by atoms with Gasteiger partial charge >= 0.3 is 6.03 Å². The monoisotopic (exact) mass is 703 g/mol. The molecule has 12 nitrogen and oxygen atoms in total. The SMILES string of the molecule is CCC[C@H]1CC1(NC(=O)[C@@H]1[C@@H]2[C@H](CN1C(=O)[C@@H](NC(=O)NC1(C3CCCS3(=O)=O)CCCCC1)C(C)(C)C)C2(C)C)C(=O)C(=O)NC1CC1. The van der Waals surface area contributed by atoms with Crippen molar-refractivity contribution in [3.8, 4) is 0 Å². The molecule has 6 aliphatic rings. The van der Waals surface area contributed by atoms with E-state index in [4.69, 9.17) is 0 Å². The van der Waals surface area contributed by atoms with E-state index < -0.39 is 67.3 Å². The van der Waals surface area contributed by atoms with Gasteiger partial charge in [0.15, 0.2) is 9.84 Å². The summed E-state index contributed by atoms with van der Waals surface area (Å²) >= 11 is 0. The minimum absolute atomic E-state index is 0.0122. The van der Waals surface area contributed by atoms with Crippen molar-refractivity contribution in [3.63, 3.8) is 0 Å². The van der Waals surface area contributed by atoms with E-state index in [1.165, 1.54) is 0 Å². The second-order valence-corrected chi connectivity index (χ2v) is 20.0. The number of carbonyl (C=O) groups is 5. The molecular weight excluding hydrogens is 646 g/mol. The first-order valence-corrected chi connectivity index (χ1v) is 20.4. The minimum Gasteiger partial charge on any atom is -0.347 e. The van der Waals surface area contributed by atoms with E-state index in [0.29, 0.717) is 45.1 Å². The second-order valence-electron chi connectivity index (χ2n) is 17.7. The number of carbonyl (C=O) groups excluding carboxylic acids is 5. The van der Waals surface area contributed by atoms with Crippen LogP contribution in [0, 0.1) is 28.6 Å². The Balaban J connectivity index is 1.21. The van der Waals surface area contributed by atoms with E-state index in [-0.39, 0.29) is 40.9 Å². The van der Waals surface area contributed by atoms with Gasteiger partial charge in [-0.15, -0.1) is 0 Å². The fourth-order valence-electron chi connectivity index (χ4n) is 9.63. The number of ketones is 1. The van der Waals surface area contributed by atoms with E-state index in [0.717, 1.165) is 38.5 Å². The lowest BCUT2D eigenvalue weighted by molar-refractivity contribution is -0.146. The third-order valence-electron chi connectivity index (χ3n) is 12.8. The van der Waals surface area contributed by atoms with Crippen molar-refractivity contribution < 1.29 is 32.4 Å². The van der Waals surface area contributed by atoms with Crippen LogP contribution >= 0.6 is 0 Å². The molecule has 2 unspecified atom stereocenters. The van der Waals surface area contributed by atoms with Crippen LogP contribution in [0.15, 0.2) is 0 Å². The Labute approximate surface area is 291 Å². The van der Waals surface area contributed by atoms with Gasteiger partial charge in [0.2, 0.25) is 17.6 Å². The highest BCUT2D eigenvalue weighted by Gasteiger charge is 2.71. The van der Waals surface area contributed by atoms with Crippen molar-refractivity contribution in [1.29, 1.82) is 0 Å². The lowest BCUT2D eigenvalue weighted by Crippen LogP contribution is -2.65. The molecule has 2 saturated heterocycles. The van der Waals surface area contributed by atoms with E-state index in [9.17, 15) is 32.4 Å². The zero-order chi connectivity index (χ0) is 35.7. The third kappa shape index (κ3) is 6.62. The van der Waals surface area contributed by atoms with Crippen LogP contribution in [0.5, 0.6) is 0 Å². The van der Waals surface area contributed by atoms with Crippen LogP contribution in [0.1, 0.15) is 119 Å². The van der Waals surface area contributed by atoms with Crippen LogP contribution in [-0.4, -0.2) is 89.6 Å². The number of piperidine rings is 1. The molecular formula is C36H57N5O7S. The average Bonchev–Trinajstić information content (AvgIpc) is 3.95. The van der Waals surface area contributed by atoms with E-state index >= 15 is 0 Å². The Morgan fingerprint density at radius 3 is 2.18 bits per heavy atom. The van der Waals surface area contributed by atoms with Gasteiger partial charge in [0, 0.05) is 12.6 Å². The van der Waals surface area contributed by atoms with Crippen LogP contribution < -0.4 is 21.3 Å². The maximum atomic E-state index is 14.5. The molecule has 0 spiro atoms. The maximum Gasteiger partial charge on any atom is 0.315 e. The number of nitrogens with one attached hydrogen (secondary N) is 4. The van der Waals surface area contributed by atoms with Crippen LogP contribution in [0.25, 0.3) is 0 Å². The van der Waals surface area contributed by atoms with Gasteiger partial charge in [-0.1, -0.05) is 67.2 Å². The molecule has 5 amide bonds. The molecule has 4 N–H and O–H groups in total. The standard InChI is InChI=1S/C36H57N5O7S/c1-7-12-21-19-36(21,28(42)30(44)37-22-14-15-22)39-29(43)26-25-23(34(25,5)6)20-41(26)31(45)27(33(2,3)4)38-32(46)40-35(16-9-8-10-17-35)24-13-11-18-49(24,47)48/h21-27H,7-20H2,1-6H3,(H,37,44)(H,39,43)(H2,38,40,46)/t21-,23-,24?,25-,26-,27+,36?/m0/s1. The number of urea groups is 1. The molecule has 4 aliphatic carbocycles. The Hall–Kier alpha value is -2.70. The number of fused-ring (bicyclic) bond motifs is 1. The van der Waals surface area contributed by atoms with Gasteiger partial charge in [-0.25, -0.2) is 13.2 Å². The normalized spacial score (nSPS) is 34.2. The summed E-state index contributed by atoms with van der Waals surface area (Å²) in [5.74, 6) is -2.15. The molecule has 4 saturated carbocycles. The van der Waals surface area contributed by atoms with Gasteiger partial charge in [-0.3, -0.25) is 19.2 Å². The van der Waals surface area contributed by atoms with Crippen LogP contribution in [-0.2, 0) is 29.0 Å². The summed E-state index contributed by atoms with van der Waals surface area (Å²) in [6, 6.07) is -2.42. The van der Waals surface area contributed by atoms with Crippen molar-refractivity contribution in [2.24, 2.45) is 28.6 Å². The van der Waals surface area contributed by atoms with E-state index in [1.54, 1.807) is 4.90 Å². The van der Waals surface area contributed by atoms with Crippen LogP contribution in [0.4, 0.5) is 4.79 Å². The molecule has 6 fully saturated rings. The van der Waals surface area contributed by atoms with Gasteiger partial charge < -0.3 is 26.2 Å². The topological polar surface area (TPSA) is 171 Å². The molecule has 49 heavy (non-hydrogen) atoms. The molecule has 7 atom stereocenters. The van der Waals surface area contributed by atoms with Gasteiger partial charge in [0.05, 0.1) is 16.5 Å². The smallest absolute Gasteiger partial charge is 0.315 e. The molecule has 0 aromatic carbocycles. The number of Topliss-reactive ketones (excluding diaryl/α,β-unsaturated/α-hetero) is 1. The number of amides is 5. The number of hydrogen-bond donors (Lipinski definition) is 4. The number of nitrogens with zero attached hydrogens (tertiary/aromatic N) is 1. The third-order valence-corrected chi connectivity index (χ3v) is 15.2. The molecule has 6 rings (SSSR count). The zero-order valence-electron chi connectivity index (χ0n) is 30.2. The number of rotatable bonds is 11. The summed E-state index contributed by atoms with van der Waals surface area (Å²) in [6.45, 7) is 12.1. The summed E-state index contributed by atoms with van der Waals surface area (Å²) < 4.78 is 26.1. The predicted octanol–water partition coefficient (Wildman–Crippen LogP) is 2.99. The second kappa shape index (κ2) is 12.5. The Kier molecular flexibility index (Phi) is 9.22. The van der Waals surface area contributed by atoms with Gasteiger partial charge in [0.25, 0.3) is 5.91 Å². The maximum absolute atomic E-state index is 14.5. The number of sulfone groups is 1. The van der Waals surface area contributed by atoms with Crippen molar-refractivity contribution in [2.45, 2.75) is 153 Å². The molecule has 0 aromatic rings. The van der Waals surface area contributed by atoms with Crippen LogP contribution in [0.2, 0.25) is 0 Å². The molecule has 2 heterocycles. The summed E-state index contributed by atoms with van der Waals surface area (Å²) in [7, 11) is -3.35. The largest absolute Gasteiger partial charge is 0.347 e. The summed E-state index contributed by atoms with van der Waals surface area (Å²) in [5, 5.41) is 11.2. The van der Waals surface area contributed by atoms with Crippen molar-refractivity contribution in [2.75, 3.05) is 12.3 Å². The molecule has 0 radical (unpaired) electrons. The average molecular weight is 704 g/mol. The lowest BCUT2D eigenvalue weighted by atomic mass is 9.78. The van der Waals surface area contributed by atoms with E-state index in [2.05, 4.69) is 35.1 Å². The van der Waals surface area contributed by atoms with Crippen molar-refractivity contribution in [3.05, 3.63) is 0 Å². The number of likely N-dealkylation sites (tertiary alicyclic amines) is 1. The Bertz CT molecular complexity index is 1490. The van der Waals surface area contributed by atoms with Gasteiger partial charge in [-0.2, -0.15) is 0 Å². The van der Waals surface area contributed by atoms with Gasteiger partial charge in [-0.05, 0) is 80.0 Å². The molecule has 13 heteroatoms. The zero-order valence-corrected chi connectivity index (χ0v) is 31.0. The first-order valence-electron chi connectivity index (χ1n) is 18.7. The first kappa shape index (κ1) is 36.1. The lowest BCUT2D eigenvalue weighted by Gasteiger charge is -2.43. The predicted molar refractivity (Wildman–Crippen MR) is 184 cm³/mol. The van der Waals surface area contributed by atoms with Crippen molar-refractivity contribution in [1.82, 2.24) is 26.2 Å². The highest BCUT2D eigenvalue weighted by atomic mass is 32.2. The highest BCUT2D eigenvalue weighted by Crippen LogP contribution is 2.65. The highest BCUT2D eigenvalue weighted by molar-refractivity contribution is 7.92. The quantitative estimate of drug-likeness (QED) is 0.240. The Morgan fingerprint density at radius 1 is 0.939 bits per heavy atom. The molecule has 0 aromatic heterocycles. The fourth-order valence-corrected chi connectivity index (χ4v) is 12.0. The summed E-state index contributed by atoms with van der Waals surface area (Å²) in [5.41, 5.74) is -3.07. The first-order chi connectivity index (χ1) is 22.9. The Morgan fingerprint density at radius 2 is 1.61 bits per heavy atom. The van der Waals surface area contributed by atoms with Gasteiger partial charge in [0.1, 0.15) is 17.6 Å². The molecule has 274 valence electrons. The fraction of sp³-hybridized carbons (Fsp3) is 0.861. The summed E-state index contributed by atoms with van der Waals surface area (Å²) in [4.78, 5) is 70.7. The minimum atomic E-state index is -3.35. The van der Waals surface area contributed by atoms with Crippen LogP contribution in [0.3, 0.4) is 0 Å². The number of hydrogen-bond acceptors (Lipinski definition) is 7. The summed E-state index contributed by atoms with van der Waals surface area (Å²) in [6.07, 6.45) is 8.45. The van der Waals surface area contributed by atoms with E-state index in [1.807, 2.05) is 27.7 Å².